The highest BCUT2D eigenvalue weighted by molar-refractivity contribution is 7.91. The molecule has 0 bridgehead atoms. The van der Waals surface area contributed by atoms with Gasteiger partial charge in [-0.25, -0.2) is 18.4 Å². The second-order valence-corrected chi connectivity index (χ2v) is 13.6. The molecular formula is C40H35N5O4S. The molecule has 1 aromatic heterocycles. The molecule has 50 heavy (non-hydrogen) atoms. The van der Waals surface area contributed by atoms with E-state index in [1.165, 1.54) is 0 Å². The van der Waals surface area contributed by atoms with Crippen LogP contribution < -0.4 is 15.6 Å². The number of nitrogens with zero attached hydrogens (tertiary/aromatic N) is 2. The number of pyridine rings is 1. The number of sulfonamides is 1. The van der Waals surface area contributed by atoms with E-state index in [1.807, 2.05) is 91.0 Å². The van der Waals surface area contributed by atoms with Gasteiger partial charge in [-0.1, -0.05) is 134 Å². The van der Waals surface area contributed by atoms with Crippen molar-refractivity contribution in [3.8, 4) is 0 Å². The van der Waals surface area contributed by atoms with Crippen LogP contribution in [0.3, 0.4) is 0 Å². The molecule has 9 nitrogen and oxygen atoms in total. The number of H-pyrrole nitrogens is 1. The second kappa shape index (κ2) is 13.8. The number of benzene rings is 4. The number of amides is 1. The zero-order valence-electron chi connectivity index (χ0n) is 27.3. The number of carbonyl (C=O) groups excluding carboxylic acids is 1. The van der Waals surface area contributed by atoms with E-state index in [0.717, 1.165) is 16.7 Å². The lowest BCUT2D eigenvalue weighted by molar-refractivity contribution is -0.110. The van der Waals surface area contributed by atoms with Crippen LogP contribution in [-0.2, 0) is 26.0 Å². The highest BCUT2D eigenvalue weighted by atomic mass is 32.2. The smallest absolute Gasteiger partial charge is 0.273 e. The van der Waals surface area contributed by atoms with Crippen LogP contribution in [0.4, 0.5) is 5.69 Å². The third-order valence-electron chi connectivity index (χ3n) is 8.78. The van der Waals surface area contributed by atoms with Gasteiger partial charge in [0.05, 0.1) is 28.1 Å². The maximum atomic E-state index is 13.4. The zero-order chi connectivity index (χ0) is 35.4. The highest BCUT2D eigenvalue weighted by Crippen LogP contribution is 2.50. The average Bonchev–Trinajstić information content (AvgIpc) is 3.52. The molecule has 3 N–H and O–H groups in total. The molecule has 0 radical (unpaired) electrons. The quantitative estimate of drug-likeness (QED) is 0.0794. The number of aromatic nitrogens is 1. The molecule has 10 heteroatoms. The number of hydrogen-bond acceptors (Lipinski definition) is 6. The summed E-state index contributed by atoms with van der Waals surface area (Å²) in [6, 6.07) is 39.4. The lowest BCUT2D eigenvalue weighted by Gasteiger charge is -2.50. The Bertz CT molecular complexity index is 2190. The van der Waals surface area contributed by atoms with Gasteiger partial charge in [0.2, 0.25) is 16.4 Å². The molecule has 250 valence electrons. The molecule has 0 saturated heterocycles. The van der Waals surface area contributed by atoms with Crippen molar-refractivity contribution in [2.45, 2.75) is 23.6 Å². The van der Waals surface area contributed by atoms with E-state index in [-0.39, 0.29) is 34.2 Å². The monoisotopic (exact) mass is 681 g/mol. The van der Waals surface area contributed by atoms with Gasteiger partial charge in [-0.2, -0.15) is 0 Å². The predicted molar refractivity (Wildman–Crippen MR) is 199 cm³/mol. The molecule has 0 saturated carbocycles. The largest absolute Gasteiger partial charge is 0.343 e. The van der Waals surface area contributed by atoms with E-state index in [1.54, 1.807) is 49.4 Å². The minimum atomic E-state index is -4.05. The predicted octanol–water partition coefficient (Wildman–Crippen LogP) is 6.05. The molecule has 1 atom stereocenters. The van der Waals surface area contributed by atoms with Gasteiger partial charge in [-0.15, -0.1) is 6.58 Å². The lowest BCUT2D eigenvalue weighted by atomic mass is 9.55. The van der Waals surface area contributed by atoms with E-state index in [4.69, 9.17) is 9.98 Å². The van der Waals surface area contributed by atoms with Crippen LogP contribution in [0.5, 0.6) is 0 Å². The molecule has 1 aliphatic rings. The Hall–Kier alpha value is -6.13. The molecule has 0 fully saturated rings. The molecular weight excluding hydrogens is 647 g/mol. The van der Waals surface area contributed by atoms with E-state index < -0.39 is 26.5 Å². The summed E-state index contributed by atoms with van der Waals surface area (Å²) in [5.74, 6) is -0.316. The Labute approximate surface area is 290 Å². The Kier molecular flexibility index (Phi) is 9.30. The van der Waals surface area contributed by atoms with E-state index in [0.29, 0.717) is 17.7 Å². The minimum Gasteiger partial charge on any atom is -0.343 e. The number of aliphatic imine (C=N–C) groups is 2. The molecule has 2 heterocycles. The van der Waals surface area contributed by atoms with Crippen molar-refractivity contribution in [1.29, 1.82) is 0 Å². The molecule has 1 aliphatic heterocycles. The van der Waals surface area contributed by atoms with Crippen molar-refractivity contribution in [3.63, 3.8) is 0 Å². The van der Waals surface area contributed by atoms with Crippen LogP contribution in [0.1, 0.15) is 33.5 Å². The van der Waals surface area contributed by atoms with Gasteiger partial charge in [0.1, 0.15) is 11.2 Å². The molecule has 1 unspecified atom stereocenters. The summed E-state index contributed by atoms with van der Waals surface area (Å²) in [7, 11) is -4.05. The van der Waals surface area contributed by atoms with Crippen LogP contribution in [0.25, 0.3) is 0 Å². The highest BCUT2D eigenvalue weighted by Gasteiger charge is 2.57. The lowest BCUT2D eigenvalue weighted by Crippen LogP contribution is -2.65. The number of aromatic amines is 1. The first kappa shape index (κ1) is 33.8. The Balaban J connectivity index is 1.59. The molecule has 4 aromatic carbocycles. The van der Waals surface area contributed by atoms with Crippen LogP contribution in [0, 0.1) is 6.92 Å². The van der Waals surface area contributed by atoms with Crippen LogP contribution in [0.2, 0.25) is 0 Å². The normalized spacial score (nSPS) is 14.2. The van der Waals surface area contributed by atoms with Crippen molar-refractivity contribution in [1.82, 2.24) is 10.3 Å². The van der Waals surface area contributed by atoms with Gasteiger partial charge in [-0.3, -0.25) is 14.3 Å². The number of hydrogen-bond donors (Lipinski definition) is 3. The van der Waals surface area contributed by atoms with Crippen LogP contribution >= 0.6 is 0 Å². The number of rotatable bonds is 13. The first-order valence-electron chi connectivity index (χ1n) is 15.8. The van der Waals surface area contributed by atoms with Crippen molar-refractivity contribution in [2.75, 3.05) is 4.72 Å². The van der Waals surface area contributed by atoms with Crippen LogP contribution in [0.15, 0.2) is 167 Å². The van der Waals surface area contributed by atoms with Crippen molar-refractivity contribution >= 4 is 33.7 Å². The Morgan fingerprint density at radius 3 is 1.78 bits per heavy atom. The fourth-order valence-electron chi connectivity index (χ4n) is 6.77. The van der Waals surface area contributed by atoms with E-state index >= 15 is 0 Å². The number of anilines is 1. The van der Waals surface area contributed by atoms with Gasteiger partial charge in [0.15, 0.2) is 5.84 Å². The van der Waals surface area contributed by atoms with Gasteiger partial charge in [-0.05, 0) is 35.2 Å². The van der Waals surface area contributed by atoms with Crippen molar-refractivity contribution < 1.29 is 13.2 Å². The fourth-order valence-corrected chi connectivity index (χ4v) is 7.98. The minimum absolute atomic E-state index is 0.0404. The fraction of sp³-hybridized carbons (Fsp3) is 0.100. The van der Waals surface area contributed by atoms with Gasteiger partial charge in [0, 0.05) is 5.69 Å². The summed E-state index contributed by atoms with van der Waals surface area (Å²) in [5, 5.41) is 3.09. The third-order valence-corrected chi connectivity index (χ3v) is 10.0. The zero-order valence-corrected chi connectivity index (χ0v) is 28.2. The topological polar surface area (TPSA) is 133 Å². The Morgan fingerprint density at radius 1 is 0.800 bits per heavy atom. The molecule has 1 amide bonds. The SMILES string of the molecule is C=CC(NC=O)(C1=NC(c2cc(C)[nH]c(=O)c2NS(=O)(=O)Cc2ccccc2)=NC1=C)C(c1ccccc1)(c1ccccc1)c1ccccc1. The van der Waals surface area contributed by atoms with Gasteiger partial charge in [0.25, 0.3) is 5.56 Å². The van der Waals surface area contributed by atoms with Gasteiger partial charge < -0.3 is 10.3 Å². The average molecular weight is 682 g/mol. The molecule has 0 aliphatic carbocycles. The molecule has 6 rings (SSSR count). The van der Waals surface area contributed by atoms with E-state index in [2.05, 4.69) is 28.2 Å². The first-order valence-corrected chi connectivity index (χ1v) is 17.5. The summed E-state index contributed by atoms with van der Waals surface area (Å²) in [6.07, 6.45) is 2.23. The molecule has 5 aromatic rings. The summed E-state index contributed by atoms with van der Waals surface area (Å²) < 4.78 is 29.2. The van der Waals surface area contributed by atoms with Gasteiger partial charge >= 0.3 is 0 Å². The molecule has 0 spiro atoms. The van der Waals surface area contributed by atoms with Crippen molar-refractivity contribution in [3.05, 3.63) is 196 Å². The number of nitrogens with one attached hydrogen (secondary N) is 3. The van der Waals surface area contributed by atoms with Crippen molar-refractivity contribution in [2.24, 2.45) is 9.98 Å². The number of aryl methyl sites for hydroxylation is 1. The summed E-state index contributed by atoms with van der Waals surface area (Å²) in [4.78, 5) is 38.6. The summed E-state index contributed by atoms with van der Waals surface area (Å²) >= 11 is 0. The maximum Gasteiger partial charge on any atom is 0.273 e. The Morgan fingerprint density at radius 2 is 1.30 bits per heavy atom. The first-order chi connectivity index (χ1) is 24.1. The number of carbonyl (C=O) groups is 1. The third kappa shape index (κ3) is 6.01. The summed E-state index contributed by atoms with van der Waals surface area (Å²) in [5.41, 5.74) is 0.435. The standard InChI is InChI=1S/C40H35N5O4S/c1-4-39(41-27-46,40(31-19-11-6-12-20-31,32-21-13-7-14-22-32)33-23-15-8-16-24-33)36-29(3)43-37(44-36)34-25-28(2)42-38(47)35(34)45-50(48,49)26-30-17-9-5-10-18-30/h4-25,27,45H,1,3,26H2,2H3,(H,41,46)(H,42,47). The number of amidine groups is 1. The van der Waals surface area contributed by atoms with Crippen LogP contribution in [-0.4, -0.2) is 36.9 Å². The summed E-state index contributed by atoms with van der Waals surface area (Å²) in [6.45, 7) is 10.2. The maximum absolute atomic E-state index is 13.4. The second-order valence-electron chi connectivity index (χ2n) is 11.9. The van der Waals surface area contributed by atoms with E-state index in [9.17, 15) is 18.0 Å².